The molecular formula is C19H25IN4O3. The van der Waals surface area contributed by atoms with Crippen molar-refractivity contribution in [2.24, 2.45) is 10.7 Å². The number of benzene rings is 2. The third-order valence-corrected chi connectivity index (χ3v) is 3.61. The lowest BCUT2D eigenvalue weighted by atomic mass is 10.2. The number of anilines is 1. The van der Waals surface area contributed by atoms with Crippen molar-refractivity contribution < 1.29 is 14.3 Å². The maximum Gasteiger partial charge on any atom is 0.222 e. The van der Waals surface area contributed by atoms with Crippen molar-refractivity contribution in [1.29, 1.82) is 0 Å². The Labute approximate surface area is 176 Å². The van der Waals surface area contributed by atoms with E-state index in [0.717, 1.165) is 11.3 Å². The minimum absolute atomic E-state index is 0. The van der Waals surface area contributed by atoms with Crippen LogP contribution in [-0.4, -0.2) is 32.6 Å². The van der Waals surface area contributed by atoms with Gasteiger partial charge in [-0.05, 0) is 17.7 Å². The number of carbonyl (C=O) groups is 1. The molecule has 0 unspecified atom stereocenters. The predicted molar refractivity (Wildman–Crippen MR) is 118 cm³/mol. The molecule has 8 heteroatoms. The average molecular weight is 484 g/mol. The normalized spacial score (nSPS) is 10.5. The monoisotopic (exact) mass is 484 g/mol. The highest BCUT2D eigenvalue weighted by atomic mass is 127. The number of aliphatic imine (C=N–C) groups is 1. The van der Waals surface area contributed by atoms with Crippen molar-refractivity contribution >= 4 is 41.5 Å². The fraction of sp³-hybridized carbons (Fsp3) is 0.263. The third kappa shape index (κ3) is 7.73. The summed E-state index contributed by atoms with van der Waals surface area (Å²) in [5.74, 6) is 1.37. The Bertz CT molecular complexity index is 754. The maximum atomic E-state index is 11.8. The largest absolute Gasteiger partial charge is 0.493 e. The first-order valence-corrected chi connectivity index (χ1v) is 8.22. The standard InChI is InChI=1S/C19H24N4O3.HI/c1-25-16-9-8-15(12-17(16)26-2)23-19(20)21-11-10-18(24)22-13-14-6-4-3-5-7-14;/h3-9,12H,10-11,13H2,1-2H3,(H,22,24)(H3,20,21,23);1H. The van der Waals surface area contributed by atoms with E-state index in [1.165, 1.54) is 0 Å². The second-order valence-electron chi connectivity index (χ2n) is 5.47. The fourth-order valence-corrected chi connectivity index (χ4v) is 2.26. The fourth-order valence-electron chi connectivity index (χ4n) is 2.26. The number of nitrogens with one attached hydrogen (secondary N) is 2. The number of ether oxygens (including phenoxy) is 2. The van der Waals surface area contributed by atoms with E-state index in [-0.39, 0.29) is 42.3 Å². The van der Waals surface area contributed by atoms with Gasteiger partial charge in [-0.3, -0.25) is 9.79 Å². The van der Waals surface area contributed by atoms with E-state index in [1.807, 2.05) is 30.3 Å². The van der Waals surface area contributed by atoms with Gasteiger partial charge in [0.15, 0.2) is 17.5 Å². The van der Waals surface area contributed by atoms with E-state index in [9.17, 15) is 4.79 Å². The first kappa shape index (κ1) is 22.6. The average Bonchev–Trinajstić information content (AvgIpc) is 2.67. The zero-order chi connectivity index (χ0) is 18.8. The van der Waals surface area contributed by atoms with Crippen molar-refractivity contribution in [3.63, 3.8) is 0 Å². The van der Waals surface area contributed by atoms with Gasteiger partial charge in [-0.25, -0.2) is 0 Å². The Hall–Kier alpha value is -2.49. The molecule has 146 valence electrons. The van der Waals surface area contributed by atoms with Gasteiger partial charge < -0.3 is 25.8 Å². The summed E-state index contributed by atoms with van der Waals surface area (Å²) >= 11 is 0. The summed E-state index contributed by atoms with van der Waals surface area (Å²) in [5.41, 5.74) is 7.63. The van der Waals surface area contributed by atoms with Gasteiger partial charge in [-0.1, -0.05) is 30.3 Å². The van der Waals surface area contributed by atoms with Crippen LogP contribution in [0.25, 0.3) is 0 Å². The SMILES string of the molecule is COc1ccc(NC(N)=NCCC(=O)NCc2ccccc2)cc1OC.I. The van der Waals surface area contributed by atoms with Crippen molar-refractivity contribution in [1.82, 2.24) is 5.32 Å². The number of nitrogens with zero attached hydrogens (tertiary/aromatic N) is 1. The molecular weight excluding hydrogens is 459 g/mol. The summed E-state index contributed by atoms with van der Waals surface area (Å²) in [6.45, 7) is 0.801. The van der Waals surface area contributed by atoms with E-state index in [0.29, 0.717) is 24.6 Å². The van der Waals surface area contributed by atoms with E-state index in [1.54, 1.807) is 32.4 Å². The summed E-state index contributed by atoms with van der Waals surface area (Å²) in [4.78, 5) is 16.0. The molecule has 0 aliphatic rings. The molecule has 0 fully saturated rings. The van der Waals surface area contributed by atoms with Gasteiger partial charge in [0.1, 0.15) is 0 Å². The number of methoxy groups -OCH3 is 2. The highest BCUT2D eigenvalue weighted by Crippen LogP contribution is 2.29. The van der Waals surface area contributed by atoms with Crippen LogP contribution in [0.1, 0.15) is 12.0 Å². The summed E-state index contributed by atoms with van der Waals surface area (Å²) in [5, 5.41) is 5.81. The number of hydrogen-bond acceptors (Lipinski definition) is 4. The van der Waals surface area contributed by atoms with E-state index >= 15 is 0 Å². The second kappa shape index (κ2) is 12.0. The number of guanidine groups is 1. The Kier molecular flexibility index (Phi) is 10.0. The van der Waals surface area contributed by atoms with Crippen LogP contribution in [0.3, 0.4) is 0 Å². The molecule has 0 saturated heterocycles. The van der Waals surface area contributed by atoms with Gasteiger partial charge >= 0.3 is 0 Å². The number of hydrogen-bond donors (Lipinski definition) is 3. The number of rotatable bonds is 8. The van der Waals surface area contributed by atoms with Gasteiger partial charge in [0.05, 0.1) is 20.8 Å². The van der Waals surface area contributed by atoms with Gasteiger partial charge in [0.2, 0.25) is 5.91 Å². The van der Waals surface area contributed by atoms with Crippen molar-refractivity contribution in [2.45, 2.75) is 13.0 Å². The molecule has 0 radical (unpaired) electrons. The summed E-state index contributed by atoms with van der Waals surface area (Å²) < 4.78 is 10.4. The molecule has 1 amide bonds. The minimum Gasteiger partial charge on any atom is -0.493 e. The Balaban J connectivity index is 0.00000364. The van der Waals surface area contributed by atoms with Gasteiger partial charge in [-0.15, -0.1) is 24.0 Å². The third-order valence-electron chi connectivity index (χ3n) is 3.61. The van der Waals surface area contributed by atoms with Crippen LogP contribution in [0.5, 0.6) is 11.5 Å². The first-order chi connectivity index (χ1) is 12.6. The summed E-state index contributed by atoms with van der Waals surface area (Å²) in [7, 11) is 3.14. The molecule has 2 aromatic carbocycles. The molecule has 0 aliphatic heterocycles. The van der Waals surface area contributed by atoms with Crippen LogP contribution in [0, 0.1) is 0 Å². The van der Waals surface area contributed by atoms with Gasteiger partial charge in [0.25, 0.3) is 0 Å². The van der Waals surface area contributed by atoms with Gasteiger partial charge in [-0.2, -0.15) is 0 Å². The lowest BCUT2D eigenvalue weighted by molar-refractivity contribution is -0.121. The van der Waals surface area contributed by atoms with Crippen molar-refractivity contribution in [3.8, 4) is 11.5 Å². The van der Waals surface area contributed by atoms with Crippen LogP contribution in [-0.2, 0) is 11.3 Å². The smallest absolute Gasteiger partial charge is 0.222 e. The highest BCUT2D eigenvalue weighted by Gasteiger charge is 2.05. The zero-order valence-electron chi connectivity index (χ0n) is 15.4. The maximum absolute atomic E-state index is 11.8. The van der Waals surface area contributed by atoms with Crippen LogP contribution in [0.15, 0.2) is 53.5 Å². The summed E-state index contributed by atoms with van der Waals surface area (Å²) in [6.07, 6.45) is 0.265. The first-order valence-electron chi connectivity index (χ1n) is 8.22. The van der Waals surface area contributed by atoms with Crippen molar-refractivity contribution in [3.05, 3.63) is 54.1 Å². The Morgan fingerprint density at radius 1 is 1.07 bits per heavy atom. The molecule has 2 rings (SSSR count). The molecule has 27 heavy (non-hydrogen) atoms. The van der Waals surface area contributed by atoms with E-state index in [2.05, 4.69) is 15.6 Å². The van der Waals surface area contributed by atoms with Crippen LogP contribution < -0.4 is 25.8 Å². The van der Waals surface area contributed by atoms with E-state index in [4.69, 9.17) is 15.2 Å². The molecule has 0 aromatic heterocycles. The zero-order valence-corrected chi connectivity index (χ0v) is 17.7. The van der Waals surface area contributed by atoms with Crippen molar-refractivity contribution in [2.75, 3.05) is 26.1 Å². The molecule has 0 saturated carbocycles. The molecule has 4 N–H and O–H groups in total. The number of halogens is 1. The Morgan fingerprint density at radius 2 is 1.78 bits per heavy atom. The Morgan fingerprint density at radius 3 is 2.44 bits per heavy atom. The quantitative estimate of drug-likeness (QED) is 0.304. The lowest BCUT2D eigenvalue weighted by Crippen LogP contribution is -2.25. The highest BCUT2D eigenvalue weighted by molar-refractivity contribution is 14.0. The second-order valence-corrected chi connectivity index (χ2v) is 5.47. The minimum atomic E-state index is -0.0727. The molecule has 7 nitrogen and oxygen atoms in total. The van der Waals surface area contributed by atoms with Crippen LogP contribution in [0.4, 0.5) is 5.69 Å². The van der Waals surface area contributed by atoms with E-state index < -0.39 is 0 Å². The number of amides is 1. The molecule has 0 heterocycles. The van der Waals surface area contributed by atoms with Crippen LogP contribution >= 0.6 is 24.0 Å². The lowest BCUT2D eigenvalue weighted by Gasteiger charge is -2.11. The molecule has 0 bridgehead atoms. The number of nitrogens with two attached hydrogens (primary N) is 1. The number of carbonyl (C=O) groups excluding carboxylic acids is 1. The summed E-state index contributed by atoms with van der Waals surface area (Å²) in [6, 6.07) is 15.1. The molecule has 2 aromatic rings. The predicted octanol–water partition coefficient (Wildman–Crippen LogP) is 2.75. The van der Waals surface area contributed by atoms with Gasteiger partial charge in [0, 0.05) is 24.7 Å². The topological polar surface area (TPSA) is 98.0 Å². The van der Waals surface area contributed by atoms with Crippen LogP contribution in [0.2, 0.25) is 0 Å². The molecule has 0 spiro atoms. The molecule has 0 aliphatic carbocycles. The molecule has 0 atom stereocenters.